The van der Waals surface area contributed by atoms with Crippen LogP contribution in [0.15, 0.2) is 71.9 Å². The summed E-state index contributed by atoms with van der Waals surface area (Å²) in [6.07, 6.45) is 1.08. The van der Waals surface area contributed by atoms with E-state index >= 15 is 0 Å². The molecule has 3 rings (SSSR count). The van der Waals surface area contributed by atoms with Crippen LogP contribution in [0.5, 0.6) is 0 Å². The smallest absolute Gasteiger partial charge is 0.351 e. The molecule has 10 heteroatoms. The van der Waals surface area contributed by atoms with Gasteiger partial charge < -0.3 is 10.2 Å². The van der Waals surface area contributed by atoms with Gasteiger partial charge in [-0.15, -0.1) is 0 Å². The highest BCUT2D eigenvalue weighted by atomic mass is 35.5. The monoisotopic (exact) mass is 511 g/mol. The summed E-state index contributed by atoms with van der Waals surface area (Å²) in [5, 5.41) is 9.06. The lowest BCUT2D eigenvalue weighted by Crippen LogP contribution is -2.34. The van der Waals surface area contributed by atoms with Gasteiger partial charge in [-0.05, 0) is 36.4 Å². The van der Waals surface area contributed by atoms with E-state index in [4.69, 9.17) is 56.1 Å². The minimum absolute atomic E-state index is 0.000503. The predicted octanol–water partition coefficient (Wildman–Crippen LogP) is 7.43. The number of amides is 2. The molecular formula is C22H17Cl4N3O3. The average Bonchev–Trinajstić information content (AvgIpc) is 2.77. The van der Waals surface area contributed by atoms with Crippen LogP contribution in [0, 0.1) is 0 Å². The molecule has 0 saturated carbocycles. The molecule has 166 valence electrons. The maximum Gasteiger partial charge on any atom is 0.351 e. The summed E-state index contributed by atoms with van der Waals surface area (Å²) in [7, 11) is 0. The summed E-state index contributed by atoms with van der Waals surface area (Å²) in [5.74, 6) is 0. The summed E-state index contributed by atoms with van der Waals surface area (Å²) in [6, 6.07) is 18.4. The molecule has 6 nitrogen and oxygen atoms in total. The number of hydrogen-bond acceptors (Lipinski definition) is 4. The van der Waals surface area contributed by atoms with Gasteiger partial charge in [0.15, 0.2) is 6.34 Å². The first kappa shape index (κ1) is 24.2. The zero-order chi connectivity index (χ0) is 22.9. The third-order valence-electron chi connectivity index (χ3n) is 4.13. The minimum Gasteiger partial charge on any atom is -0.390 e. The lowest BCUT2D eigenvalue weighted by molar-refractivity contribution is -0.0676. The normalized spacial score (nSPS) is 10.9. The number of carbonyl (C=O) groups excluding carboxylic acids is 1. The summed E-state index contributed by atoms with van der Waals surface area (Å²) in [5.41, 5.74) is 1.65. The quantitative estimate of drug-likeness (QED) is 0.194. The van der Waals surface area contributed by atoms with Crippen LogP contribution < -0.4 is 5.32 Å². The van der Waals surface area contributed by atoms with E-state index in [2.05, 4.69) is 10.5 Å². The van der Waals surface area contributed by atoms with Crippen LogP contribution in [-0.4, -0.2) is 17.4 Å². The van der Waals surface area contributed by atoms with Crippen molar-refractivity contribution in [2.75, 3.05) is 5.32 Å². The Hall–Kier alpha value is -2.48. The second-order valence-corrected chi connectivity index (χ2v) is 7.92. The van der Waals surface area contributed by atoms with Gasteiger partial charge in [0.25, 0.3) is 0 Å². The van der Waals surface area contributed by atoms with Crippen LogP contribution >= 0.6 is 46.4 Å². The molecule has 0 spiro atoms. The van der Waals surface area contributed by atoms with Crippen molar-refractivity contribution in [1.29, 1.82) is 0 Å². The Morgan fingerprint density at radius 1 is 0.812 bits per heavy atom. The number of anilines is 1. The van der Waals surface area contributed by atoms with E-state index < -0.39 is 6.03 Å². The molecule has 2 amide bonds. The summed E-state index contributed by atoms with van der Waals surface area (Å²) in [4.78, 5) is 23.6. The molecule has 0 bridgehead atoms. The highest BCUT2D eigenvalue weighted by Crippen LogP contribution is 2.26. The van der Waals surface area contributed by atoms with E-state index in [1.54, 1.807) is 60.7 Å². The van der Waals surface area contributed by atoms with E-state index in [-0.39, 0.29) is 13.2 Å². The van der Waals surface area contributed by atoms with Crippen molar-refractivity contribution in [3.05, 3.63) is 97.9 Å². The van der Waals surface area contributed by atoms with E-state index in [1.165, 1.54) is 0 Å². The first-order valence-corrected chi connectivity index (χ1v) is 10.8. The third kappa shape index (κ3) is 6.76. The summed E-state index contributed by atoms with van der Waals surface area (Å²) >= 11 is 24.6. The SMILES string of the molecule is O=C(Nc1ccccc1)N(/C=N/OCc1c(Cl)cccc1Cl)OCc1c(Cl)cccc1Cl. The molecular weight excluding hydrogens is 496 g/mol. The molecule has 0 unspecified atom stereocenters. The molecule has 1 N–H and O–H groups in total. The Morgan fingerprint density at radius 2 is 1.34 bits per heavy atom. The molecule has 0 radical (unpaired) electrons. The van der Waals surface area contributed by atoms with Crippen molar-refractivity contribution in [3.8, 4) is 0 Å². The zero-order valence-electron chi connectivity index (χ0n) is 16.5. The van der Waals surface area contributed by atoms with Gasteiger partial charge in [0.2, 0.25) is 0 Å². The molecule has 0 aromatic heterocycles. The van der Waals surface area contributed by atoms with E-state index in [0.29, 0.717) is 36.9 Å². The molecule has 0 fully saturated rings. The number of nitrogens with one attached hydrogen (secondary N) is 1. The van der Waals surface area contributed by atoms with Crippen LogP contribution in [0.4, 0.5) is 10.5 Å². The number of hydrogen-bond donors (Lipinski definition) is 1. The molecule has 0 aliphatic heterocycles. The van der Waals surface area contributed by atoms with Crippen molar-refractivity contribution < 1.29 is 14.5 Å². The summed E-state index contributed by atoms with van der Waals surface area (Å²) < 4.78 is 0. The third-order valence-corrected chi connectivity index (χ3v) is 5.55. The number of benzene rings is 3. The highest BCUT2D eigenvalue weighted by molar-refractivity contribution is 6.36. The van der Waals surface area contributed by atoms with Crippen molar-refractivity contribution in [1.82, 2.24) is 5.06 Å². The van der Waals surface area contributed by atoms with Gasteiger partial charge in [-0.2, -0.15) is 5.06 Å². The fourth-order valence-electron chi connectivity index (χ4n) is 2.50. The molecule has 0 aliphatic carbocycles. The standard InChI is InChI=1S/C22H17Cl4N3O3/c23-18-8-4-9-19(24)16(18)12-31-27-14-29(22(30)28-15-6-2-1-3-7-15)32-13-17-20(25)10-5-11-21(17)26/h1-11,14H,12-13H2,(H,28,30)/b27-14+. The number of oxime groups is 1. The molecule has 32 heavy (non-hydrogen) atoms. The number of rotatable bonds is 8. The Labute approximate surface area is 205 Å². The van der Waals surface area contributed by atoms with Crippen molar-refractivity contribution in [2.24, 2.45) is 5.16 Å². The first-order valence-electron chi connectivity index (χ1n) is 9.25. The molecule has 3 aromatic carbocycles. The van der Waals surface area contributed by atoms with Crippen molar-refractivity contribution >= 4 is 64.5 Å². The fourth-order valence-corrected chi connectivity index (χ4v) is 3.51. The maximum absolute atomic E-state index is 12.7. The first-order chi connectivity index (χ1) is 15.5. The zero-order valence-corrected chi connectivity index (χ0v) is 19.5. The molecule has 0 heterocycles. The lowest BCUT2D eigenvalue weighted by atomic mass is 10.2. The van der Waals surface area contributed by atoms with Crippen LogP contribution in [0.25, 0.3) is 0 Å². The van der Waals surface area contributed by atoms with Crippen LogP contribution in [0.3, 0.4) is 0 Å². The van der Waals surface area contributed by atoms with E-state index in [0.717, 1.165) is 11.4 Å². The number of hydroxylamine groups is 2. The number of para-hydroxylation sites is 1. The molecule has 3 aromatic rings. The van der Waals surface area contributed by atoms with Gasteiger partial charge in [0.1, 0.15) is 13.2 Å². The van der Waals surface area contributed by atoms with Crippen LogP contribution in [-0.2, 0) is 22.9 Å². The Morgan fingerprint density at radius 3 is 1.91 bits per heavy atom. The van der Waals surface area contributed by atoms with Gasteiger partial charge >= 0.3 is 6.03 Å². The number of carbonyl (C=O) groups is 1. The van der Waals surface area contributed by atoms with E-state index in [9.17, 15) is 4.79 Å². The highest BCUT2D eigenvalue weighted by Gasteiger charge is 2.16. The van der Waals surface area contributed by atoms with Gasteiger partial charge in [-0.25, -0.2) is 4.79 Å². The number of nitrogens with zero attached hydrogens (tertiary/aromatic N) is 2. The van der Waals surface area contributed by atoms with Gasteiger partial charge in [0, 0.05) is 36.9 Å². The van der Waals surface area contributed by atoms with Gasteiger partial charge in [-0.1, -0.05) is 81.9 Å². The second kappa shape index (κ2) is 11.9. The summed E-state index contributed by atoms with van der Waals surface area (Å²) in [6.45, 7) is -0.0808. The average molecular weight is 513 g/mol. The Balaban J connectivity index is 1.70. The Bertz CT molecular complexity index is 1060. The lowest BCUT2D eigenvalue weighted by Gasteiger charge is -2.18. The predicted molar refractivity (Wildman–Crippen MR) is 128 cm³/mol. The molecule has 0 aliphatic rings. The van der Waals surface area contributed by atoms with Crippen LogP contribution in [0.2, 0.25) is 20.1 Å². The Kier molecular flexibility index (Phi) is 9.02. The molecule has 0 atom stereocenters. The van der Waals surface area contributed by atoms with Gasteiger partial charge in [-0.3, -0.25) is 4.84 Å². The molecule has 0 saturated heterocycles. The fraction of sp³-hybridized carbons (Fsp3) is 0.0909. The topological polar surface area (TPSA) is 63.2 Å². The van der Waals surface area contributed by atoms with Crippen molar-refractivity contribution in [3.63, 3.8) is 0 Å². The van der Waals surface area contributed by atoms with E-state index in [1.807, 2.05) is 6.07 Å². The number of urea groups is 1. The van der Waals surface area contributed by atoms with Crippen molar-refractivity contribution in [2.45, 2.75) is 13.2 Å². The van der Waals surface area contributed by atoms with Gasteiger partial charge in [0.05, 0.1) is 0 Å². The maximum atomic E-state index is 12.7. The minimum atomic E-state index is -0.609. The largest absolute Gasteiger partial charge is 0.390 e. The van der Waals surface area contributed by atoms with Crippen LogP contribution in [0.1, 0.15) is 11.1 Å². The number of halogens is 4. The second-order valence-electron chi connectivity index (χ2n) is 6.29.